The molecule has 106 valence electrons. The Morgan fingerprint density at radius 3 is 2.76 bits per heavy atom. The lowest BCUT2D eigenvalue weighted by Crippen LogP contribution is -2.00. The van der Waals surface area contributed by atoms with Gasteiger partial charge in [-0.25, -0.2) is 4.98 Å². The van der Waals surface area contributed by atoms with E-state index in [1.807, 2.05) is 18.2 Å². The second kappa shape index (κ2) is 6.41. The monoisotopic (exact) mass is 296 g/mol. The Morgan fingerprint density at radius 2 is 1.95 bits per heavy atom. The largest absolute Gasteiger partial charge is 0.480 e. The van der Waals surface area contributed by atoms with E-state index in [0.29, 0.717) is 5.88 Å². The maximum absolute atomic E-state index is 5.24. The van der Waals surface area contributed by atoms with Crippen LogP contribution in [0.5, 0.6) is 5.88 Å². The van der Waals surface area contributed by atoms with Crippen LogP contribution in [0, 0.1) is 0 Å². The lowest BCUT2D eigenvalue weighted by Gasteiger charge is -2.08. The number of hydrogen-bond donors (Lipinski definition) is 1. The summed E-state index contributed by atoms with van der Waals surface area (Å²) in [7, 11) is 1.63. The molecule has 3 rings (SSSR count). The van der Waals surface area contributed by atoms with Crippen LogP contribution in [-0.2, 0) is 6.54 Å². The Labute approximate surface area is 128 Å². The van der Waals surface area contributed by atoms with Crippen molar-refractivity contribution in [1.82, 2.24) is 4.98 Å². The van der Waals surface area contributed by atoms with Gasteiger partial charge in [0.25, 0.3) is 0 Å². The van der Waals surface area contributed by atoms with Crippen LogP contribution in [-0.4, -0.2) is 12.1 Å². The highest BCUT2D eigenvalue weighted by atomic mass is 32.1. The van der Waals surface area contributed by atoms with Gasteiger partial charge in [0.05, 0.1) is 12.8 Å². The summed E-state index contributed by atoms with van der Waals surface area (Å²) < 4.78 is 5.24. The van der Waals surface area contributed by atoms with E-state index in [-0.39, 0.29) is 0 Å². The molecule has 3 nitrogen and oxygen atoms in total. The van der Waals surface area contributed by atoms with Crippen molar-refractivity contribution >= 4 is 17.0 Å². The lowest BCUT2D eigenvalue weighted by atomic mass is 10.1. The molecule has 1 N–H and O–H groups in total. The minimum absolute atomic E-state index is 0.623. The third-order valence-corrected chi connectivity index (χ3v) is 4.12. The van der Waals surface area contributed by atoms with E-state index in [1.165, 1.54) is 16.0 Å². The van der Waals surface area contributed by atoms with Gasteiger partial charge in [0.15, 0.2) is 0 Å². The summed E-state index contributed by atoms with van der Waals surface area (Å²) in [6.07, 6.45) is 1.72. The van der Waals surface area contributed by atoms with E-state index in [4.69, 9.17) is 4.74 Å². The predicted molar refractivity (Wildman–Crippen MR) is 87.9 cm³/mol. The second-order valence-electron chi connectivity index (χ2n) is 4.58. The van der Waals surface area contributed by atoms with E-state index in [0.717, 1.165) is 12.2 Å². The number of pyridine rings is 1. The summed E-state index contributed by atoms with van der Waals surface area (Å²) in [6, 6.07) is 16.5. The summed E-state index contributed by atoms with van der Waals surface area (Å²) in [4.78, 5) is 5.46. The first-order chi connectivity index (χ1) is 10.4. The van der Waals surface area contributed by atoms with Crippen LogP contribution in [0.1, 0.15) is 4.88 Å². The topological polar surface area (TPSA) is 34.1 Å². The standard InChI is InChI=1S/C17H16N2OS/c1-20-17-16(8-5-9-18-17)19-11-15-10-14(12-21-15)13-6-3-2-4-7-13/h2-10,12,19H,11H2,1H3. The van der Waals surface area contributed by atoms with Crippen molar-refractivity contribution in [3.05, 3.63) is 65.0 Å². The van der Waals surface area contributed by atoms with E-state index in [9.17, 15) is 0 Å². The zero-order valence-corrected chi connectivity index (χ0v) is 12.6. The molecular weight excluding hydrogens is 280 g/mol. The minimum atomic E-state index is 0.623. The average Bonchev–Trinajstić information content (AvgIpc) is 3.03. The number of methoxy groups -OCH3 is 1. The molecule has 0 unspecified atom stereocenters. The number of anilines is 1. The molecule has 3 aromatic rings. The second-order valence-corrected chi connectivity index (χ2v) is 5.58. The highest BCUT2D eigenvalue weighted by Gasteiger charge is 2.05. The number of nitrogens with one attached hydrogen (secondary N) is 1. The highest BCUT2D eigenvalue weighted by molar-refractivity contribution is 7.10. The molecule has 21 heavy (non-hydrogen) atoms. The molecule has 0 saturated carbocycles. The Morgan fingerprint density at radius 1 is 1.10 bits per heavy atom. The van der Waals surface area contributed by atoms with Crippen LogP contribution in [0.25, 0.3) is 11.1 Å². The number of aromatic nitrogens is 1. The maximum atomic E-state index is 5.24. The van der Waals surface area contributed by atoms with Gasteiger partial charge in [0.2, 0.25) is 5.88 Å². The number of nitrogens with zero attached hydrogens (tertiary/aromatic N) is 1. The Kier molecular flexibility index (Phi) is 4.17. The van der Waals surface area contributed by atoms with Gasteiger partial charge in [-0.2, -0.15) is 0 Å². The molecule has 2 heterocycles. The number of hydrogen-bond acceptors (Lipinski definition) is 4. The van der Waals surface area contributed by atoms with Crippen LogP contribution in [0.3, 0.4) is 0 Å². The molecule has 0 amide bonds. The molecule has 4 heteroatoms. The molecular formula is C17H16N2OS. The van der Waals surface area contributed by atoms with Crippen LogP contribution in [0.15, 0.2) is 60.1 Å². The number of ether oxygens (including phenoxy) is 1. The fourth-order valence-electron chi connectivity index (χ4n) is 2.13. The van der Waals surface area contributed by atoms with Gasteiger partial charge in [-0.1, -0.05) is 30.3 Å². The summed E-state index contributed by atoms with van der Waals surface area (Å²) in [6.45, 7) is 0.763. The summed E-state index contributed by atoms with van der Waals surface area (Å²) >= 11 is 1.75. The van der Waals surface area contributed by atoms with Crippen molar-refractivity contribution in [2.45, 2.75) is 6.54 Å². The first-order valence-electron chi connectivity index (χ1n) is 6.72. The SMILES string of the molecule is COc1ncccc1NCc1cc(-c2ccccc2)cs1. The maximum Gasteiger partial charge on any atom is 0.237 e. The molecule has 0 aliphatic rings. The van der Waals surface area contributed by atoms with Gasteiger partial charge in [0, 0.05) is 17.6 Å². The number of benzene rings is 1. The molecule has 0 radical (unpaired) electrons. The van der Waals surface area contributed by atoms with Crippen molar-refractivity contribution < 1.29 is 4.74 Å². The molecule has 0 aliphatic carbocycles. The van der Waals surface area contributed by atoms with Gasteiger partial charge in [0.1, 0.15) is 0 Å². The lowest BCUT2D eigenvalue weighted by molar-refractivity contribution is 0.399. The van der Waals surface area contributed by atoms with Gasteiger partial charge in [-0.3, -0.25) is 0 Å². The van der Waals surface area contributed by atoms with Crippen molar-refractivity contribution in [2.24, 2.45) is 0 Å². The fourth-order valence-corrected chi connectivity index (χ4v) is 2.96. The Balaban J connectivity index is 1.71. The molecule has 0 saturated heterocycles. The molecule has 0 fully saturated rings. The predicted octanol–water partition coefficient (Wildman–Crippen LogP) is 4.43. The van der Waals surface area contributed by atoms with E-state index in [1.54, 1.807) is 24.6 Å². The van der Waals surface area contributed by atoms with E-state index < -0.39 is 0 Å². The highest BCUT2D eigenvalue weighted by Crippen LogP contribution is 2.27. The van der Waals surface area contributed by atoms with Crippen LogP contribution >= 0.6 is 11.3 Å². The first kappa shape index (κ1) is 13.6. The average molecular weight is 296 g/mol. The molecule has 2 aromatic heterocycles. The smallest absolute Gasteiger partial charge is 0.237 e. The van der Waals surface area contributed by atoms with Gasteiger partial charge in [-0.05, 0) is 34.7 Å². The zero-order valence-electron chi connectivity index (χ0n) is 11.7. The van der Waals surface area contributed by atoms with Gasteiger partial charge in [-0.15, -0.1) is 11.3 Å². The summed E-state index contributed by atoms with van der Waals surface area (Å²) in [5, 5.41) is 5.56. The van der Waals surface area contributed by atoms with Crippen molar-refractivity contribution in [3.63, 3.8) is 0 Å². The van der Waals surface area contributed by atoms with Crippen LogP contribution < -0.4 is 10.1 Å². The molecule has 0 atom stereocenters. The molecule has 1 aromatic carbocycles. The van der Waals surface area contributed by atoms with Crippen LogP contribution in [0.4, 0.5) is 5.69 Å². The van der Waals surface area contributed by atoms with E-state index in [2.05, 4.69) is 46.0 Å². The Bertz CT molecular complexity index is 710. The van der Waals surface area contributed by atoms with E-state index >= 15 is 0 Å². The third-order valence-electron chi connectivity index (χ3n) is 3.18. The number of thiophene rings is 1. The molecule has 0 spiro atoms. The quantitative estimate of drug-likeness (QED) is 0.756. The van der Waals surface area contributed by atoms with Crippen LogP contribution in [0.2, 0.25) is 0 Å². The van der Waals surface area contributed by atoms with Crippen molar-refractivity contribution in [2.75, 3.05) is 12.4 Å². The summed E-state index contributed by atoms with van der Waals surface area (Å²) in [5.74, 6) is 0.623. The number of rotatable bonds is 5. The van der Waals surface area contributed by atoms with Gasteiger partial charge >= 0.3 is 0 Å². The fraction of sp³-hybridized carbons (Fsp3) is 0.118. The Hall–Kier alpha value is -2.33. The zero-order chi connectivity index (χ0) is 14.5. The summed E-state index contributed by atoms with van der Waals surface area (Å²) in [5.41, 5.74) is 3.42. The molecule has 0 bridgehead atoms. The van der Waals surface area contributed by atoms with Gasteiger partial charge < -0.3 is 10.1 Å². The normalized spacial score (nSPS) is 10.3. The molecule has 0 aliphatic heterocycles. The minimum Gasteiger partial charge on any atom is -0.480 e. The third kappa shape index (κ3) is 3.23. The van der Waals surface area contributed by atoms with Crippen molar-refractivity contribution in [1.29, 1.82) is 0 Å². The van der Waals surface area contributed by atoms with Crippen molar-refractivity contribution in [3.8, 4) is 17.0 Å². The first-order valence-corrected chi connectivity index (χ1v) is 7.60.